The molecule has 20 heavy (non-hydrogen) atoms. The molecule has 1 saturated carbocycles. The van der Waals surface area contributed by atoms with Crippen LogP contribution in [0.15, 0.2) is 29.3 Å². The van der Waals surface area contributed by atoms with Crippen LogP contribution >= 0.6 is 0 Å². The molecule has 0 unspecified atom stereocenters. The summed E-state index contributed by atoms with van der Waals surface area (Å²) in [6.07, 6.45) is 6.56. The average Bonchev–Trinajstić information content (AvgIpc) is 2.38. The van der Waals surface area contributed by atoms with Gasteiger partial charge in [-0.25, -0.2) is 0 Å². The molecule has 0 aromatic heterocycles. The first-order valence-electron chi connectivity index (χ1n) is 7.82. The van der Waals surface area contributed by atoms with E-state index in [1.165, 1.54) is 37.7 Å². The minimum Gasteiger partial charge on any atom is -0.687 e. The third-order valence-electron chi connectivity index (χ3n) is 3.70. The van der Waals surface area contributed by atoms with Gasteiger partial charge in [-0.15, -0.1) is 5.69 Å². The Morgan fingerprint density at radius 3 is 2.40 bits per heavy atom. The highest BCUT2D eigenvalue weighted by Crippen LogP contribution is 2.30. The summed E-state index contributed by atoms with van der Waals surface area (Å²) in [5.74, 6) is 0. The summed E-state index contributed by atoms with van der Waals surface area (Å²) in [4.78, 5) is 9.93. The van der Waals surface area contributed by atoms with E-state index < -0.39 is 8.24 Å². The zero-order valence-electron chi connectivity index (χ0n) is 13.3. The Hall–Kier alpha value is -1.09. The first-order chi connectivity index (χ1) is 9.46. The number of hydrogen-bond donors (Lipinski definition) is 0. The molecule has 0 radical (unpaired) electrons. The van der Waals surface area contributed by atoms with Crippen molar-refractivity contribution in [2.24, 2.45) is 4.99 Å². The number of aliphatic imine (C=N–C) groups is 1. The molecular formula is C17H27N2Si-. The van der Waals surface area contributed by atoms with Gasteiger partial charge in [0.1, 0.15) is 0 Å². The molecule has 1 aliphatic rings. The van der Waals surface area contributed by atoms with Gasteiger partial charge < -0.3 is 4.98 Å². The van der Waals surface area contributed by atoms with Crippen LogP contribution in [-0.2, 0) is 0 Å². The summed E-state index contributed by atoms with van der Waals surface area (Å²) >= 11 is 0. The van der Waals surface area contributed by atoms with Crippen LogP contribution in [0.5, 0.6) is 0 Å². The van der Waals surface area contributed by atoms with Gasteiger partial charge in [0, 0.05) is 5.71 Å². The van der Waals surface area contributed by atoms with Gasteiger partial charge >= 0.3 is 0 Å². The molecule has 0 amide bonds. The Kier molecular flexibility index (Phi) is 5.03. The van der Waals surface area contributed by atoms with Crippen molar-refractivity contribution in [3.05, 3.63) is 34.8 Å². The predicted octanol–water partition coefficient (Wildman–Crippen LogP) is 5.67. The van der Waals surface area contributed by atoms with Gasteiger partial charge in [0.25, 0.3) is 0 Å². The Morgan fingerprint density at radius 1 is 1.10 bits per heavy atom. The standard InChI is InChI=1S/C17H27N2Si/c1-14(18-15-10-6-5-7-11-15)16-12-8-9-13-17(16)19-20(2,3)4/h8-9,12-13,15H,5-7,10-11H2,1-4H3/q-1. The van der Waals surface area contributed by atoms with Crippen molar-refractivity contribution in [1.29, 1.82) is 0 Å². The fourth-order valence-corrected chi connectivity index (χ4v) is 3.71. The molecule has 1 aromatic rings. The molecule has 2 nitrogen and oxygen atoms in total. The van der Waals surface area contributed by atoms with Gasteiger partial charge in [-0.05, 0) is 33.6 Å². The number of benzene rings is 1. The summed E-state index contributed by atoms with van der Waals surface area (Å²) in [5.41, 5.74) is 3.51. The molecule has 1 aromatic carbocycles. The molecule has 0 saturated heterocycles. The van der Waals surface area contributed by atoms with Crippen LogP contribution in [0.4, 0.5) is 5.69 Å². The second-order valence-electron chi connectivity index (χ2n) is 6.81. The van der Waals surface area contributed by atoms with Gasteiger partial charge in [0.2, 0.25) is 0 Å². The zero-order chi connectivity index (χ0) is 14.6. The van der Waals surface area contributed by atoms with Gasteiger partial charge in [-0.1, -0.05) is 63.2 Å². The van der Waals surface area contributed by atoms with Crippen molar-refractivity contribution >= 4 is 19.6 Å². The van der Waals surface area contributed by atoms with Crippen LogP contribution in [0.1, 0.15) is 44.6 Å². The van der Waals surface area contributed by atoms with Crippen molar-refractivity contribution < 1.29 is 0 Å². The SMILES string of the molecule is CC(=NC1CCCCC1)c1ccccc1[N-][Si](C)(C)C. The van der Waals surface area contributed by atoms with Gasteiger partial charge in [0.05, 0.1) is 6.04 Å². The fraction of sp³-hybridized carbons (Fsp3) is 0.588. The van der Waals surface area contributed by atoms with Crippen LogP contribution in [0.25, 0.3) is 4.98 Å². The topological polar surface area (TPSA) is 26.5 Å². The maximum Gasteiger partial charge on any atom is 0.0503 e. The van der Waals surface area contributed by atoms with Crippen LogP contribution in [0, 0.1) is 0 Å². The molecular weight excluding hydrogens is 260 g/mol. The summed E-state index contributed by atoms with van der Waals surface area (Å²) in [5, 5.41) is 0. The molecule has 0 spiro atoms. The normalized spacial score (nSPS) is 18.1. The van der Waals surface area contributed by atoms with E-state index in [-0.39, 0.29) is 0 Å². The lowest BCUT2D eigenvalue weighted by molar-refractivity contribution is 0.443. The summed E-state index contributed by atoms with van der Waals surface area (Å²) in [7, 11) is -1.46. The third-order valence-corrected chi connectivity index (χ3v) is 4.61. The molecule has 110 valence electrons. The van der Waals surface area contributed by atoms with E-state index in [2.05, 4.69) is 50.8 Å². The Balaban J connectivity index is 2.20. The second kappa shape index (κ2) is 6.57. The maximum absolute atomic E-state index is 4.97. The second-order valence-corrected chi connectivity index (χ2v) is 11.4. The predicted molar refractivity (Wildman–Crippen MR) is 91.9 cm³/mol. The highest BCUT2D eigenvalue weighted by atomic mass is 28.3. The lowest BCUT2D eigenvalue weighted by atomic mass is 9.95. The van der Waals surface area contributed by atoms with E-state index >= 15 is 0 Å². The fourth-order valence-electron chi connectivity index (χ4n) is 2.79. The van der Waals surface area contributed by atoms with Crippen molar-refractivity contribution in [3.8, 4) is 0 Å². The number of rotatable bonds is 4. The lowest BCUT2D eigenvalue weighted by Crippen LogP contribution is -2.18. The summed E-state index contributed by atoms with van der Waals surface area (Å²) < 4.78 is 0. The molecule has 2 rings (SSSR count). The smallest absolute Gasteiger partial charge is 0.0503 e. The monoisotopic (exact) mass is 287 g/mol. The first kappa shape index (κ1) is 15.3. The summed E-state index contributed by atoms with van der Waals surface area (Å²) in [6.45, 7) is 8.97. The van der Waals surface area contributed by atoms with Crippen LogP contribution in [0.2, 0.25) is 19.6 Å². The van der Waals surface area contributed by atoms with Crippen LogP contribution in [-0.4, -0.2) is 20.0 Å². The lowest BCUT2D eigenvalue weighted by Gasteiger charge is -2.38. The summed E-state index contributed by atoms with van der Waals surface area (Å²) in [6, 6.07) is 9.01. The largest absolute Gasteiger partial charge is 0.687 e. The van der Waals surface area contributed by atoms with Crippen LogP contribution in [0.3, 0.4) is 0 Å². The Morgan fingerprint density at radius 2 is 1.75 bits per heavy atom. The molecule has 1 fully saturated rings. The quantitative estimate of drug-likeness (QED) is 0.504. The number of nitrogens with zero attached hydrogens (tertiary/aromatic N) is 2. The van der Waals surface area contributed by atoms with E-state index in [1.54, 1.807) is 0 Å². The Bertz CT molecular complexity index is 468. The average molecular weight is 288 g/mol. The molecule has 1 aliphatic carbocycles. The number of hydrogen-bond acceptors (Lipinski definition) is 1. The van der Waals surface area contributed by atoms with Gasteiger partial charge in [-0.2, -0.15) is 0 Å². The molecule has 0 N–H and O–H groups in total. The van der Waals surface area contributed by atoms with Crippen LogP contribution < -0.4 is 0 Å². The molecule has 0 atom stereocenters. The van der Waals surface area contributed by atoms with Crippen molar-refractivity contribution in [1.82, 2.24) is 0 Å². The van der Waals surface area contributed by atoms with Crippen molar-refractivity contribution in [2.75, 3.05) is 0 Å². The minimum atomic E-state index is -1.46. The van der Waals surface area contributed by atoms with Crippen molar-refractivity contribution in [2.45, 2.75) is 64.7 Å². The van der Waals surface area contributed by atoms with E-state index in [0.29, 0.717) is 6.04 Å². The highest BCUT2D eigenvalue weighted by molar-refractivity contribution is 6.82. The minimum absolute atomic E-state index is 0.531. The molecule has 3 heteroatoms. The molecule has 0 bridgehead atoms. The van der Waals surface area contributed by atoms with E-state index in [9.17, 15) is 0 Å². The maximum atomic E-state index is 4.97. The zero-order valence-corrected chi connectivity index (χ0v) is 14.3. The highest BCUT2D eigenvalue weighted by Gasteiger charge is 2.13. The van der Waals surface area contributed by atoms with E-state index in [1.807, 2.05) is 0 Å². The molecule has 0 heterocycles. The Labute approximate surface area is 124 Å². The third kappa shape index (κ3) is 4.48. The van der Waals surface area contributed by atoms with Gasteiger partial charge in [0.15, 0.2) is 0 Å². The first-order valence-corrected chi connectivity index (χ1v) is 11.3. The molecule has 0 aliphatic heterocycles. The van der Waals surface area contributed by atoms with Gasteiger partial charge in [-0.3, -0.25) is 4.99 Å². The van der Waals surface area contributed by atoms with E-state index in [0.717, 1.165) is 11.4 Å². The van der Waals surface area contributed by atoms with E-state index in [4.69, 9.17) is 9.97 Å². The van der Waals surface area contributed by atoms with Crippen molar-refractivity contribution in [3.63, 3.8) is 0 Å².